The first-order valence-corrected chi connectivity index (χ1v) is 6.74. The van der Waals surface area contributed by atoms with Crippen molar-refractivity contribution in [3.8, 4) is 0 Å². The lowest BCUT2D eigenvalue weighted by atomic mass is 9.88. The van der Waals surface area contributed by atoms with Crippen LogP contribution >= 0.6 is 0 Å². The number of nitro benzene ring substituents is 1. The molecule has 0 unspecified atom stereocenters. The third-order valence-electron chi connectivity index (χ3n) is 4.48. The topological polar surface area (TPSA) is 63.5 Å². The number of non-ortho nitro benzene ring substituents is 1. The lowest BCUT2D eigenvalue weighted by Gasteiger charge is -2.28. The van der Waals surface area contributed by atoms with E-state index in [2.05, 4.69) is 0 Å². The van der Waals surface area contributed by atoms with Crippen LogP contribution in [-0.4, -0.2) is 10.8 Å². The highest BCUT2D eigenvalue weighted by molar-refractivity contribution is 6.13. The Labute approximate surface area is 121 Å². The number of hydrogen-bond donors (Lipinski definition) is 0. The van der Waals surface area contributed by atoms with E-state index in [1.54, 1.807) is 17.0 Å². The number of amides is 1. The van der Waals surface area contributed by atoms with E-state index in [1.165, 1.54) is 6.07 Å². The summed E-state index contributed by atoms with van der Waals surface area (Å²) in [4.78, 5) is 24.9. The van der Waals surface area contributed by atoms with Crippen molar-refractivity contribution < 1.29 is 9.72 Å². The summed E-state index contributed by atoms with van der Waals surface area (Å²) >= 11 is 0. The van der Waals surface area contributed by atoms with E-state index in [0.29, 0.717) is 6.42 Å². The van der Waals surface area contributed by atoms with Gasteiger partial charge in [0.2, 0.25) is 0 Å². The second-order valence-electron chi connectivity index (χ2n) is 5.71. The summed E-state index contributed by atoms with van der Waals surface area (Å²) in [5, 5.41) is 10.9. The second kappa shape index (κ2) is 3.69. The molecule has 0 saturated carbocycles. The highest BCUT2D eigenvalue weighted by atomic mass is 16.6. The monoisotopic (exact) mass is 280 g/mol. The van der Waals surface area contributed by atoms with Gasteiger partial charge in [-0.05, 0) is 30.2 Å². The number of hydrogen-bond acceptors (Lipinski definition) is 3. The molecule has 0 radical (unpaired) electrons. The Balaban J connectivity index is 1.91. The maximum absolute atomic E-state index is 12.7. The van der Waals surface area contributed by atoms with E-state index in [9.17, 15) is 14.9 Å². The molecule has 1 atom stereocenters. The van der Waals surface area contributed by atoms with E-state index < -0.39 is 10.5 Å². The third kappa shape index (κ3) is 1.38. The molecule has 2 heterocycles. The quantitative estimate of drug-likeness (QED) is 0.595. The van der Waals surface area contributed by atoms with Gasteiger partial charge in [0.05, 0.1) is 10.5 Å². The van der Waals surface area contributed by atoms with Gasteiger partial charge in [-0.1, -0.05) is 18.2 Å². The smallest absolute Gasteiger partial charge is 0.269 e. The van der Waals surface area contributed by atoms with E-state index in [4.69, 9.17) is 0 Å². The number of anilines is 1. The maximum Gasteiger partial charge on any atom is 0.269 e. The molecule has 0 bridgehead atoms. The molecule has 2 aliphatic rings. The van der Waals surface area contributed by atoms with Crippen molar-refractivity contribution in [3.63, 3.8) is 0 Å². The second-order valence-corrected chi connectivity index (χ2v) is 5.71. The van der Waals surface area contributed by atoms with Gasteiger partial charge < -0.3 is 0 Å². The molecule has 2 aromatic rings. The zero-order valence-corrected chi connectivity index (χ0v) is 11.4. The fraction of sp³-hybridized carbons (Fsp3) is 0.188. The summed E-state index contributed by atoms with van der Waals surface area (Å²) in [7, 11) is 0. The van der Waals surface area contributed by atoms with Crippen LogP contribution in [0.3, 0.4) is 0 Å². The van der Waals surface area contributed by atoms with Gasteiger partial charge in [0.1, 0.15) is 0 Å². The summed E-state index contributed by atoms with van der Waals surface area (Å²) in [5.74, 6) is -0.0271. The van der Waals surface area contributed by atoms with Crippen LogP contribution in [0, 0.1) is 10.1 Å². The first-order chi connectivity index (χ1) is 10.0. The van der Waals surface area contributed by atoms with Crippen molar-refractivity contribution in [2.24, 2.45) is 0 Å². The number of carbonyl (C=O) groups excluding carboxylic acids is 1. The van der Waals surface area contributed by atoms with Crippen LogP contribution < -0.4 is 4.90 Å². The molecule has 2 aromatic carbocycles. The summed E-state index contributed by atoms with van der Waals surface area (Å²) in [6.07, 6.45) is 0.604. The fourth-order valence-corrected chi connectivity index (χ4v) is 3.57. The molecule has 5 nitrogen and oxygen atoms in total. The van der Waals surface area contributed by atoms with Crippen molar-refractivity contribution in [1.82, 2.24) is 0 Å². The van der Waals surface area contributed by atoms with Crippen LogP contribution in [0.1, 0.15) is 28.4 Å². The summed E-state index contributed by atoms with van der Waals surface area (Å²) in [5.41, 5.74) is 2.99. The Morgan fingerprint density at radius 2 is 2.00 bits per heavy atom. The maximum atomic E-state index is 12.7. The Bertz CT molecular complexity index is 815. The third-order valence-corrected chi connectivity index (χ3v) is 4.48. The minimum atomic E-state index is -0.439. The van der Waals surface area contributed by atoms with Crippen LogP contribution in [0.5, 0.6) is 0 Å². The number of nitrogens with zero attached hydrogens (tertiary/aromatic N) is 2. The van der Waals surface area contributed by atoms with Crippen LogP contribution in [0.4, 0.5) is 11.4 Å². The van der Waals surface area contributed by atoms with Crippen LogP contribution in [0.25, 0.3) is 0 Å². The van der Waals surface area contributed by atoms with Gasteiger partial charge in [0, 0.05) is 29.8 Å². The highest BCUT2D eigenvalue weighted by Crippen LogP contribution is 2.51. The molecular formula is C16H12N2O3. The van der Waals surface area contributed by atoms with Gasteiger partial charge in [0.15, 0.2) is 0 Å². The molecule has 21 heavy (non-hydrogen) atoms. The Kier molecular flexibility index (Phi) is 2.12. The van der Waals surface area contributed by atoms with Crippen molar-refractivity contribution in [3.05, 3.63) is 69.3 Å². The molecule has 1 amide bonds. The van der Waals surface area contributed by atoms with Crippen LogP contribution in [0.2, 0.25) is 0 Å². The standard InChI is InChI=1S/C16H12N2O3/c1-16-9-10-8-11(18(20)21)6-7-14(10)17(16)15(19)12-4-2-3-5-13(12)16/h2-8H,9H2,1H3/t16-/m1/s1. The largest absolute Gasteiger partial charge is 0.298 e. The van der Waals surface area contributed by atoms with E-state index in [-0.39, 0.29) is 11.6 Å². The number of nitro groups is 1. The zero-order valence-electron chi connectivity index (χ0n) is 11.4. The van der Waals surface area contributed by atoms with Crippen molar-refractivity contribution >= 4 is 17.3 Å². The Hall–Kier alpha value is -2.69. The number of fused-ring (bicyclic) bond motifs is 5. The van der Waals surface area contributed by atoms with Crippen molar-refractivity contribution in [2.45, 2.75) is 18.9 Å². The Morgan fingerprint density at radius 1 is 1.24 bits per heavy atom. The molecule has 0 spiro atoms. The van der Waals surface area contributed by atoms with Crippen molar-refractivity contribution in [2.75, 3.05) is 4.90 Å². The molecule has 104 valence electrons. The first-order valence-electron chi connectivity index (χ1n) is 6.74. The SMILES string of the molecule is C[C@]12Cc3cc([N+](=O)[O-])ccc3N1C(=O)c1ccccc12. The molecule has 0 N–H and O–H groups in total. The first kappa shape index (κ1) is 12.1. The minimum absolute atomic E-state index is 0.0271. The van der Waals surface area contributed by atoms with Crippen LogP contribution in [-0.2, 0) is 12.0 Å². The average Bonchev–Trinajstić information content (AvgIpc) is 2.88. The van der Waals surface area contributed by atoms with Gasteiger partial charge in [-0.3, -0.25) is 19.8 Å². The molecule has 0 fully saturated rings. The van der Waals surface area contributed by atoms with E-state index >= 15 is 0 Å². The number of rotatable bonds is 1. The molecule has 4 rings (SSSR count). The minimum Gasteiger partial charge on any atom is -0.298 e. The molecule has 0 aromatic heterocycles. The molecule has 0 aliphatic carbocycles. The normalized spacial score (nSPS) is 22.0. The fourth-order valence-electron chi connectivity index (χ4n) is 3.57. The average molecular weight is 280 g/mol. The van der Waals surface area contributed by atoms with Gasteiger partial charge in [-0.2, -0.15) is 0 Å². The summed E-state index contributed by atoms with van der Waals surface area (Å²) in [6.45, 7) is 2.02. The van der Waals surface area contributed by atoms with Crippen molar-refractivity contribution in [1.29, 1.82) is 0 Å². The molecule has 2 aliphatic heterocycles. The summed E-state index contributed by atoms with van der Waals surface area (Å²) < 4.78 is 0. The molecule has 5 heteroatoms. The molecule has 0 saturated heterocycles. The van der Waals surface area contributed by atoms with Gasteiger partial charge >= 0.3 is 0 Å². The zero-order chi connectivity index (χ0) is 14.8. The van der Waals surface area contributed by atoms with Crippen LogP contribution in [0.15, 0.2) is 42.5 Å². The van der Waals surface area contributed by atoms with Gasteiger partial charge in [-0.25, -0.2) is 0 Å². The van der Waals surface area contributed by atoms with E-state index in [1.807, 2.05) is 31.2 Å². The Morgan fingerprint density at radius 3 is 2.76 bits per heavy atom. The van der Waals surface area contributed by atoms with E-state index in [0.717, 1.165) is 22.4 Å². The summed E-state index contributed by atoms with van der Waals surface area (Å²) in [6, 6.07) is 12.3. The highest BCUT2D eigenvalue weighted by Gasteiger charge is 2.51. The lowest BCUT2D eigenvalue weighted by molar-refractivity contribution is -0.384. The van der Waals surface area contributed by atoms with Gasteiger partial charge in [0.25, 0.3) is 11.6 Å². The predicted octanol–water partition coefficient (Wildman–Crippen LogP) is 3.03. The number of carbonyl (C=O) groups is 1. The molecular weight excluding hydrogens is 268 g/mol. The van der Waals surface area contributed by atoms with Gasteiger partial charge in [-0.15, -0.1) is 0 Å². The predicted molar refractivity (Wildman–Crippen MR) is 77.4 cm³/mol. The number of benzene rings is 2. The lowest BCUT2D eigenvalue weighted by Crippen LogP contribution is -2.38.